The summed E-state index contributed by atoms with van der Waals surface area (Å²) in [5.41, 5.74) is 9.08. The molecule has 0 fully saturated rings. The van der Waals surface area contributed by atoms with E-state index in [1.54, 1.807) is 0 Å². The Morgan fingerprint density at radius 1 is 0.419 bits per heavy atom. The van der Waals surface area contributed by atoms with E-state index in [4.69, 9.17) is 4.98 Å². The van der Waals surface area contributed by atoms with Crippen LogP contribution in [0.1, 0.15) is 0 Å². The molecule has 5 nitrogen and oxygen atoms in total. The molecule has 0 bridgehead atoms. The first kappa shape index (κ1) is 22.7. The molecule has 0 aliphatic rings. The Bertz CT molecular complexity index is 2710. The largest absolute Gasteiger partial charge is 0.309 e. The predicted octanol–water partition coefficient (Wildman–Crippen LogP) is 9.23. The average Bonchev–Trinajstić information content (AvgIpc) is 3.77. The third kappa shape index (κ3) is 3.00. The highest BCUT2D eigenvalue weighted by Gasteiger charge is 2.20. The molecule has 0 amide bonds. The fourth-order valence-corrected chi connectivity index (χ4v) is 7.14. The first-order chi connectivity index (χ1) is 21.3. The number of nitrogens with zero attached hydrogens (tertiary/aromatic N) is 5. The molecule has 0 unspecified atom stereocenters. The van der Waals surface area contributed by atoms with Crippen molar-refractivity contribution in [3.63, 3.8) is 0 Å². The van der Waals surface area contributed by atoms with E-state index in [0.717, 1.165) is 44.2 Å². The van der Waals surface area contributed by atoms with Crippen molar-refractivity contribution in [3.05, 3.63) is 140 Å². The van der Waals surface area contributed by atoms with Crippen LogP contribution < -0.4 is 0 Å². The summed E-state index contributed by atoms with van der Waals surface area (Å²) in [5, 5.41) is 8.31. The van der Waals surface area contributed by atoms with Crippen LogP contribution in [0.2, 0.25) is 0 Å². The van der Waals surface area contributed by atoms with Gasteiger partial charge >= 0.3 is 0 Å². The van der Waals surface area contributed by atoms with Gasteiger partial charge in [0, 0.05) is 68.5 Å². The van der Waals surface area contributed by atoms with Gasteiger partial charge in [-0.3, -0.25) is 9.38 Å². The van der Waals surface area contributed by atoms with Crippen LogP contribution in [0.25, 0.3) is 82.3 Å². The van der Waals surface area contributed by atoms with Crippen molar-refractivity contribution in [2.45, 2.75) is 0 Å². The van der Waals surface area contributed by atoms with E-state index in [1.807, 2.05) is 24.8 Å². The van der Waals surface area contributed by atoms with Gasteiger partial charge in [-0.15, -0.1) is 0 Å². The smallest absolute Gasteiger partial charge is 0.145 e. The van der Waals surface area contributed by atoms with Crippen LogP contribution in [0, 0.1) is 0 Å². The van der Waals surface area contributed by atoms with Crippen molar-refractivity contribution < 1.29 is 0 Å². The SMILES string of the molecule is c1ccc(-n2c3ccccc3c3cc4c5cc6c(cc5n(-c5ccccc5)c4cc32)c2cnccc2n2ccnc62)cc1. The molecule has 0 saturated heterocycles. The van der Waals surface area contributed by atoms with E-state index in [-0.39, 0.29) is 0 Å². The fraction of sp³-hybridized carbons (Fsp3) is 0. The normalized spacial score (nSPS) is 12.2. The number of benzene rings is 5. The highest BCUT2D eigenvalue weighted by molar-refractivity contribution is 6.23. The van der Waals surface area contributed by atoms with Crippen molar-refractivity contribution in [2.24, 2.45) is 0 Å². The molecular formula is C38H23N5. The first-order valence-electron chi connectivity index (χ1n) is 14.5. The van der Waals surface area contributed by atoms with Gasteiger partial charge in [0.15, 0.2) is 0 Å². The summed E-state index contributed by atoms with van der Waals surface area (Å²) in [6, 6.07) is 41.6. The van der Waals surface area contributed by atoms with E-state index in [9.17, 15) is 0 Å². The van der Waals surface area contributed by atoms with Gasteiger partial charge in [0.25, 0.3) is 0 Å². The van der Waals surface area contributed by atoms with Crippen LogP contribution >= 0.6 is 0 Å². The zero-order chi connectivity index (χ0) is 28.1. The Morgan fingerprint density at radius 2 is 1.05 bits per heavy atom. The van der Waals surface area contributed by atoms with Crippen molar-refractivity contribution in [2.75, 3.05) is 0 Å². The standard InChI is InChI=1S/C38H23N5/c1-3-9-24(10-4-1)42-34-14-8-7-13-26(34)28-19-29-30-20-31-27(32-23-39-16-15-33(32)41-18-17-40-38(31)41)21-35(30)43(37(29)22-36(28)42)25-11-5-2-6-12-25/h1-23H. The zero-order valence-corrected chi connectivity index (χ0v) is 23.0. The van der Waals surface area contributed by atoms with Crippen molar-refractivity contribution >= 4 is 70.9 Å². The second-order valence-electron chi connectivity index (χ2n) is 11.2. The number of hydrogen-bond acceptors (Lipinski definition) is 2. The predicted molar refractivity (Wildman–Crippen MR) is 177 cm³/mol. The maximum atomic E-state index is 4.81. The molecule has 0 atom stereocenters. The van der Waals surface area contributed by atoms with Gasteiger partial charge in [-0.25, -0.2) is 4.98 Å². The molecule has 0 saturated carbocycles. The number of pyridine rings is 2. The summed E-state index contributed by atoms with van der Waals surface area (Å²) < 4.78 is 6.97. The minimum absolute atomic E-state index is 0.956. The molecule has 43 heavy (non-hydrogen) atoms. The van der Waals surface area contributed by atoms with Crippen LogP contribution in [-0.4, -0.2) is 23.5 Å². The van der Waals surface area contributed by atoms with E-state index in [2.05, 4.69) is 134 Å². The number of hydrogen-bond donors (Lipinski definition) is 0. The molecule has 0 spiro atoms. The van der Waals surface area contributed by atoms with E-state index in [0.29, 0.717) is 0 Å². The molecule has 5 aromatic heterocycles. The molecule has 0 N–H and O–H groups in total. The molecule has 10 rings (SSSR count). The average molecular weight is 550 g/mol. The van der Waals surface area contributed by atoms with Crippen LogP contribution in [-0.2, 0) is 0 Å². The van der Waals surface area contributed by atoms with Gasteiger partial charge in [0.1, 0.15) is 5.65 Å². The van der Waals surface area contributed by atoms with Crippen LogP contribution in [0.4, 0.5) is 0 Å². The Kier molecular flexibility index (Phi) is 4.39. The van der Waals surface area contributed by atoms with Gasteiger partial charge in [0.05, 0.1) is 27.6 Å². The van der Waals surface area contributed by atoms with Crippen LogP contribution in [0.15, 0.2) is 140 Å². The van der Waals surface area contributed by atoms with E-state index < -0.39 is 0 Å². The molecule has 10 aromatic rings. The summed E-state index contributed by atoms with van der Waals surface area (Å²) in [6.45, 7) is 0. The topological polar surface area (TPSA) is 40.0 Å². The van der Waals surface area contributed by atoms with Crippen LogP contribution in [0.3, 0.4) is 0 Å². The van der Waals surface area contributed by atoms with Crippen LogP contribution in [0.5, 0.6) is 0 Å². The molecule has 0 aliphatic heterocycles. The first-order valence-corrected chi connectivity index (χ1v) is 14.5. The third-order valence-electron chi connectivity index (χ3n) is 8.96. The lowest BCUT2D eigenvalue weighted by Gasteiger charge is -2.11. The maximum absolute atomic E-state index is 4.81. The van der Waals surface area contributed by atoms with Gasteiger partial charge in [-0.1, -0.05) is 54.6 Å². The van der Waals surface area contributed by atoms with E-state index in [1.165, 1.54) is 38.1 Å². The summed E-state index contributed by atoms with van der Waals surface area (Å²) in [4.78, 5) is 9.32. The number of fused-ring (bicyclic) bond motifs is 12. The van der Waals surface area contributed by atoms with Gasteiger partial charge in [-0.05, 0) is 66.0 Å². The molecule has 5 heteroatoms. The lowest BCUT2D eigenvalue weighted by molar-refractivity contribution is 1.17. The fourth-order valence-electron chi connectivity index (χ4n) is 7.14. The van der Waals surface area contributed by atoms with Crippen molar-refractivity contribution in [1.82, 2.24) is 23.5 Å². The Morgan fingerprint density at radius 3 is 1.81 bits per heavy atom. The Hall–Kier alpha value is -5.94. The van der Waals surface area contributed by atoms with E-state index >= 15 is 0 Å². The summed E-state index contributed by atoms with van der Waals surface area (Å²) >= 11 is 0. The van der Waals surface area contributed by atoms with Gasteiger partial charge < -0.3 is 9.13 Å². The number of aromatic nitrogens is 5. The Labute approximate surface area is 245 Å². The monoisotopic (exact) mass is 549 g/mol. The Balaban J connectivity index is 1.45. The zero-order valence-electron chi connectivity index (χ0n) is 23.0. The van der Waals surface area contributed by atoms with Crippen molar-refractivity contribution in [3.8, 4) is 11.4 Å². The summed E-state index contributed by atoms with van der Waals surface area (Å²) in [6.07, 6.45) is 7.75. The number of para-hydroxylation sites is 3. The van der Waals surface area contributed by atoms with Crippen molar-refractivity contribution in [1.29, 1.82) is 0 Å². The maximum Gasteiger partial charge on any atom is 0.145 e. The molecule has 0 aliphatic carbocycles. The van der Waals surface area contributed by atoms with Gasteiger partial charge in [0.2, 0.25) is 0 Å². The lowest BCUT2D eigenvalue weighted by atomic mass is 10.0. The molecule has 0 radical (unpaired) electrons. The molecule has 5 aromatic carbocycles. The highest BCUT2D eigenvalue weighted by atomic mass is 15.0. The number of imidazole rings is 1. The van der Waals surface area contributed by atoms with Gasteiger partial charge in [-0.2, -0.15) is 0 Å². The second-order valence-corrected chi connectivity index (χ2v) is 11.2. The highest BCUT2D eigenvalue weighted by Crippen LogP contribution is 2.42. The number of rotatable bonds is 2. The third-order valence-corrected chi connectivity index (χ3v) is 8.96. The minimum atomic E-state index is 0.956. The molecule has 200 valence electrons. The second kappa shape index (κ2) is 8.30. The summed E-state index contributed by atoms with van der Waals surface area (Å²) in [5.74, 6) is 0. The lowest BCUT2D eigenvalue weighted by Crippen LogP contribution is -1.96. The minimum Gasteiger partial charge on any atom is -0.309 e. The quantitative estimate of drug-likeness (QED) is 0.202. The molecular weight excluding hydrogens is 526 g/mol. The summed E-state index contributed by atoms with van der Waals surface area (Å²) in [7, 11) is 0. The molecule has 5 heterocycles.